The Balaban J connectivity index is 1.43. The maximum Gasteiger partial charge on any atom is 0.281 e. The van der Waals surface area contributed by atoms with Crippen LogP contribution >= 0.6 is 23.5 Å². The van der Waals surface area contributed by atoms with Crippen molar-refractivity contribution in [3.05, 3.63) is 24.3 Å². The van der Waals surface area contributed by atoms with Gasteiger partial charge in [-0.3, -0.25) is 9.59 Å². The average molecular weight is 351 g/mol. The van der Waals surface area contributed by atoms with Crippen LogP contribution in [-0.4, -0.2) is 40.1 Å². The molecular weight excluding hydrogens is 328 g/mol. The number of rotatable bonds is 6. The summed E-state index contributed by atoms with van der Waals surface area (Å²) in [5, 5.41) is 3.75. The van der Waals surface area contributed by atoms with Gasteiger partial charge in [-0.2, -0.15) is 0 Å². The van der Waals surface area contributed by atoms with E-state index in [2.05, 4.69) is 17.4 Å². The van der Waals surface area contributed by atoms with Gasteiger partial charge in [-0.05, 0) is 37.1 Å². The third-order valence-corrected chi connectivity index (χ3v) is 6.44. The number of nitrogens with one attached hydrogen (secondary N) is 1. The summed E-state index contributed by atoms with van der Waals surface area (Å²) >= 11 is 3.28. The van der Waals surface area contributed by atoms with Gasteiger partial charge in [-0.25, -0.2) is 0 Å². The van der Waals surface area contributed by atoms with Crippen molar-refractivity contribution in [1.82, 2.24) is 4.90 Å². The fourth-order valence-electron chi connectivity index (χ4n) is 2.90. The van der Waals surface area contributed by atoms with Gasteiger partial charge >= 0.3 is 0 Å². The second-order valence-corrected chi connectivity index (χ2v) is 8.37. The van der Waals surface area contributed by atoms with Crippen molar-refractivity contribution in [2.24, 2.45) is 0 Å². The third-order valence-electron chi connectivity index (χ3n) is 4.20. The molecule has 6 heteroatoms. The van der Waals surface area contributed by atoms with Crippen molar-refractivity contribution < 1.29 is 9.59 Å². The molecule has 124 valence electrons. The van der Waals surface area contributed by atoms with Crippen molar-refractivity contribution in [2.45, 2.75) is 42.2 Å². The summed E-state index contributed by atoms with van der Waals surface area (Å²) in [4.78, 5) is 26.5. The lowest BCUT2D eigenvalue weighted by atomic mass is 10.3. The third kappa shape index (κ3) is 4.91. The number of hydrogen-bond acceptors (Lipinski definition) is 4. The Kier molecular flexibility index (Phi) is 5.89. The number of nitrogens with zero attached hydrogens (tertiary/aromatic N) is 1. The van der Waals surface area contributed by atoms with Crippen LogP contribution in [0.2, 0.25) is 0 Å². The van der Waals surface area contributed by atoms with Gasteiger partial charge in [0.1, 0.15) is 0 Å². The predicted molar refractivity (Wildman–Crippen MR) is 97.2 cm³/mol. The lowest BCUT2D eigenvalue weighted by molar-refractivity contribution is -0.116. The molecule has 0 radical (unpaired) electrons. The molecule has 1 N–H and O–H groups in total. The van der Waals surface area contributed by atoms with Gasteiger partial charge in [0.25, 0.3) is 5.24 Å². The lowest BCUT2D eigenvalue weighted by Gasteiger charge is -2.14. The number of carbonyl (C=O) groups is 2. The van der Waals surface area contributed by atoms with E-state index in [4.69, 9.17) is 0 Å². The minimum Gasteiger partial charge on any atom is -0.332 e. The first-order valence-electron chi connectivity index (χ1n) is 8.19. The maximum absolute atomic E-state index is 12.0. The summed E-state index contributed by atoms with van der Waals surface area (Å²) in [6, 6.07) is 8.09. The van der Waals surface area contributed by atoms with Crippen LogP contribution in [0.25, 0.3) is 0 Å². The largest absolute Gasteiger partial charge is 0.332 e. The zero-order valence-electron chi connectivity index (χ0n) is 13.1. The van der Waals surface area contributed by atoms with E-state index in [-0.39, 0.29) is 11.1 Å². The van der Waals surface area contributed by atoms with Crippen LogP contribution in [0.4, 0.5) is 10.5 Å². The average Bonchev–Trinajstić information content (AvgIpc) is 3.19. The molecule has 1 heterocycles. The minimum absolute atomic E-state index is 0.0362. The summed E-state index contributed by atoms with van der Waals surface area (Å²) < 4.78 is 0. The van der Waals surface area contributed by atoms with Gasteiger partial charge < -0.3 is 10.2 Å². The Hall–Kier alpha value is -1.14. The summed E-state index contributed by atoms with van der Waals surface area (Å²) in [6.07, 6.45) is 5.69. The Bertz CT molecular complexity index is 556. The molecule has 2 aliphatic rings. The van der Waals surface area contributed by atoms with Crippen LogP contribution < -0.4 is 5.32 Å². The fourth-order valence-corrected chi connectivity index (χ4v) is 5.00. The molecule has 0 spiro atoms. The van der Waals surface area contributed by atoms with Crippen molar-refractivity contribution in [1.29, 1.82) is 0 Å². The Morgan fingerprint density at radius 2 is 2.00 bits per heavy atom. The van der Waals surface area contributed by atoms with E-state index in [1.165, 1.54) is 42.3 Å². The molecule has 3 rings (SSSR count). The van der Waals surface area contributed by atoms with E-state index in [9.17, 15) is 9.59 Å². The van der Waals surface area contributed by atoms with E-state index in [1.54, 1.807) is 4.90 Å². The highest BCUT2D eigenvalue weighted by molar-refractivity contribution is 8.13. The van der Waals surface area contributed by atoms with Gasteiger partial charge in [0.2, 0.25) is 5.91 Å². The second kappa shape index (κ2) is 8.11. The number of thioether (sulfide) groups is 2. The summed E-state index contributed by atoms with van der Waals surface area (Å²) in [7, 11) is 0. The van der Waals surface area contributed by atoms with E-state index in [1.807, 2.05) is 23.9 Å². The molecule has 0 aromatic heterocycles. The Labute approximate surface area is 145 Å². The first-order chi connectivity index (χ1) is 11.2. The van der Waals surface area contributed by atoms with Crippen molar-refractivity contribution in [2.75, 3.05) is 24.2 Å². The minimum atomic E-state index is -0.0362. The van der Waals surface area contributed by atoms with Crippen LogP contribution in [0.5, 0.6) is 0 Å². The van der Waals surface area contributed by atoms with Crippen LogP contribution in [0.3, 0.4) is 0 Å². The van der Waals surface area contributed by atoms with Gasteiger partial charge in [0.05, 0.1) is 0 Å². The Morgan fingerprint density at radius 3 is 2.65 bits per heavy atom. The normalized spacial score (nSPS) is 18.6. The fraction of sp³-hybridized carbons (Fsp3) is 0.529. The van der Waals surface area contributed by atoms with Crippen molar-refractivity contribution in [3.8, 4) is 0 Å². The molecule has 2 fully saturated rings. The smallest absolute Gasteiger partial charge is 0.281 e. The molecule has 23 heavy (non-hydrogen) atoms. The number of carbonyl (C=O) groups excluding carboxylic acids is 2. The maximum atomic E-state index is 12.0. The number of anilines is 1. The number of benzene rings is 1. The Morgan fingerprint density at radius 1 is 1.26 bits per heavy atom. The first-order valence-corrected chi connectivity index (χ1v) is 10.1. The lowest BCUT2D eigenvalue weighted by Crippen LogP contribution is -2.27. The second-order valence-electron chi connectivity index (χ2n) is 5.95. The predicted octanol–water partition coefficient (Wildman–Crippen LogP) is 4.22. The first kappa shape index (κ1) is 16.7. The molecule has 1 aliphatic heterocycles. The highest BCUT2D eigenvalue weighted by atomic mass is 32.2. The van der Waals surface area contributed by atoms with Crippen molar-refractivity contribution >= 4 is 40.4 Å². The SMILES string of the molecule is O=C(CCN1CCSC1=O)Nc1ccc(SC2CCCC2)cc1. The topological polar surface area (TPSA) is 49.4 Å². The monoisotopic (exact) mass is 350 g/mol. The molecule has 1 aromatic rings. The van der Waals surface area contributed by atoms with Crippen LogP contribution in [0.1, 0.15) is 32.1 Å². The number of amides is 2. The number of hydrogen-bond donors (Lipinski definition) is 1. The zero-order chi connectivity index (χ0) is 16.1. The quantitative estimate of drug-likeness (QED) is 0.834. The molecule has 1 saturated heterocycles. The van der Waals surface area contributed by atoms with Gasteiger partial charge in [-0.15, -0.1) is 11.8 Å². The van der Waals surface area contributed by atoms with Crippen molar-refractivity contribution in [3.63, 3.8) is 0 Å². The van der Waals surface area contributed by atoms with E-state index >= 15 is 0 Å². The molecule has 4 nitrogen and oxygen atoms in total. The van der Waals surface area contributed by atoms with Crippen LogP contribution in [0.15, 0.2) is 29.2 Å². The molecule has 1 aliphatic carbocycles. The molecule has 1 aromatic carbocycles. The van der Waals surface area contributed by atoms with Crippen LogP contribution in [0, 0.1) is 0 Å². The van der Waals surface area contributed by atoms with Gasteiger partial charge in [-0.1, -0.05) is 24.6 Å². The molecule has 0 bridgehead atoms. The molecule has 0 atom stereocenters. The van der Waals surface area contributed by atoms with Crippen LogP contribution in [-0.2, 0) is 4.79 Å². The molecule has 2 amide bonds. The zero-order valence-corrected chi connectivity index (χ0v) is 14.8. The molecule has 1 saturated carbocycles. The van der Waals surface area contributed by atoms with Gasteiger partial charge in [0.15, 0.2) is 0 Å². The standard InChI is InChI=1S/C17H22N2O2S2/c20-16(9-10-19-11-12-22-17(19)21)18-13-5-7-15(8-6-13)23-14-3-1-2-4-14/h5-8,14H,1-4,9-12H2,(H,18,20). The van der Waals surface area contributed by atoms with E-state index in [0.717, 1.165) is 23.2 Å². The van der Waals surface area contributed by atoms with E-state index < -0.39 is 0 Å². The van der Waals surface area contributed by atoms with Gasteiger partial charge in [0, 0.05) is 41.1 Å². The summed E-state index contributed by atoms with van der Waals surface area (Å²) in [5.41, 5.74) is 0.827. The summed E-state index contributed by atoms with van der Waals surface area (Å²) in [5.74, 6) is 0.798. The highest BCUT2D eigenvalue weighted by Crippen LogP contribution is 2.34. The summed E-state index contributed by atoms with van der Waals surface area (Å²) in [6.45, 7) is 1.26. The van der Waals surface area contributed by atoms with E-state index in [0.29, 0.717) is 13.0 Å². The highest BCUT2D eigenvalue weighted by Gasteiger charge is 2.21. The molecule has 0 unspecified atom stereocenters. The molecular formula is C17H22N2O2S2.